The van der Waals surface area contributed by atoms with E-state index in [4.69, 9.17) is 21.1 Å². The average molecular weight is 413 g/mol. The second-order valence-electron chi connectivity index (χ2n) is 5.79. The van der Waals surface area contributed by atoms with E-state index in [1.807, 2.05) is 0 Å². The van der Waals surface area contributed by atoms with E-state index in [-0.39, 0.29) is 22.3 Å². The standard InChI is InChI=1S/C16H25ClN2O4S.ClH/c1-4-18-11-12-5-7-19(8-6-12)24(20,21)16-10-15(23-3)14(22-2)9-13(16)17;/h9-10,12,18H,4-8,11H2,1-3H3;1H. The Bertz CT molecular complexity index is 662. The van der Waals surface area contributed by atoms with Gasteiger partial charge in [-0.2, -0.15) is 4.31 Å². The van der Waals surface area contributed by atoms with Gasteiger partial charge in [0.1, 0.15) is 4.90 Å². The lowest BCUT2D eigenvalue weighted by atomic mass is 9.98. The molecule has 1 aromatic carbocycles. The normalized spacial score (nSPS) is 16.3. The average Bonchev–Trinajstić information content (AvgIpc) is 2.59. The summed E-state index contributed by atoms with van der Waals surface area (Å²) in [6.07, 6.45) is 1.69. The fraction of sp³-hybridized carbons (Fsp3) is 0.625. The third-order valence-electron chi connectivity index (χ3n) is 4.31. The van der Waals surface area contributed by atoms with Crippen molar-refractivity contribution in [3.05, 3.63) is 17.2 Å². The van der Waals surface area contributed by atoms with E-state index in [1.54, 1.807) is 0 Å². The molecule has 1 saturated heterocycles. The summed E-state index contributed by atoms with van der Waals surface area (Å²) in [7, 11) is -0.699. The number of hydrogen-bond acceptors (Lipinski definition) is 5. The first-order valence-corrected chi connectivity index (χ1v) is 9.88. The highest BCUT2D eigenvalue weighted by molar-refractivity contribution is 7.89. The monoisotopic (exact) mass is 412 g/mol. The van der Waals surface area contributed by atoms with E-state index in [0.29, 0.717) is 30.5 Å². The predicted molar refractivity (Wildman–Crippen MR) is 102 cm³/mol. The molecule has 0 aliphatic carbocycles. The zero-order valence-electron chi connectivity index (χ0n) is 14.7. The van der Waals surface area contributed by atoms with Crippen molar-refractivity contribution >= 4 is 34.0 Å². The minimum absolute atomic E-state index is 0. The summed E-state index contributed by atoms with van der Waals surface area (Å²) in [5.74, 6) is 1.27. The molecule has 144 valence electrons. The molecular formula is C16H26Cl2N2O4S. The number of sulfonamides is 1. The first-order valence-electron chi connectivity index (χ1n) is 8.06. The van der Waals surface area contributed by atoms with Crippen LogP contribution in [0, 0.1) is 5.92 Å². The van der Waals surface area contributed by atoms with Crippen molar-refractivity contribution in [2.24, 2.45) is 5.92 Å². The van der Waals surface area contributed by atoms with E-state index in [9.17, 15) is 8.42 Å². The number of benzene rings is 1. The quantitative estimate of drug-likeness (QED) is 0.745. The molecule has 25 heavy (non-hydrogen) atoms. The third-order valence-corrected chi connectivity index (χ3v) is 6.68. The molecule has 0 radical (unpaired) electrons. The topological polar surface area (TPSA) is 67.9 Å². The minimum atomic E-state index is -3.65. The van der Waals surface area contributed by atoms with Crippen LogP contribution in [0.1, 0.15) is 19.8 Å². The molecule has 1 heterocycles. The molecule has 1 N–H and O–H groups in total. The van der Waals surface area contributed by atoms with Crippen molar-refractivity contribution in [3.63, 3.8) is 0 Å². The van der Waals surface area contributed by atoms with E-state index in [2.05, 4.69) is 12.2 Å². The van der Waals surface area contributed by atoms with Gasteiger partial charge in [0.15, 0.2) is 11.5 Å². The van der Waals surface area contributed by atoms with Crippen LogP contribution < -0.4 is 14.8 Å². The maximum absolute atomic E-state index is 12.9. The molecule has 0 saturated carbocycles. The van der Waals surface area contributed by atoms with Crippen LogP contribution in [0.4, 0.5) is 0 Å². The van der Waals surface area contributed by atoms with Crippen molar-refractivity contribution in [1.29, 1.82) is 0 Å². The molecule has 0 bridgehead atoms. The summed E-state index contributed by atoms with van der Waals surface area (Å²) < 4.78 is 37.7. The number of rotatable bonds is 7. The number of nitrogens with one attached hydrogen (secondary N) is 1. The van der Waals surface area contributed by atoms with Crippen LogP contribution in [0.3, 0.4) is 0 Å². The summed E-state index contributed by atoms with van der Waals surface area (Å²) in [5, 5.41) is 3.46. The Hall–Kier alpha value is -0.730. The van der Waals surface area contributed by atoms with Crippen LogP contribution >= 0.6 is 24.0 Å². The molecule has 0 aromatic heterocycles. The molecule has 1 aliphatic heterocycles. The van der Waals surface area contributed by atoms with E-state index in [0.717, 1.165) is 25.9 Å². The van der Waals surface area contributed by atoms with Gasteiger partial charge in [-0.25, -0.2) is 8.42 Å². The van der Waals surface area contributed by atoms with Gasteiger partial charge >= 0.3 is 0 Å². The van der Waals surface area contributed by atoms with Crippen molar-refractivity contribution in [2.45, 2.75) is 24.7 Å². The highest BCUT2D eigenvalue weighted by atomic mass is 35.5. The van der Waals surface area contributed by atoms with Gasteiger partial charge in [0, 0.05) is 25.2 Å². The van der Waals surface area contributed by atoms with Gasteiger partial charge in [-0.3, -0.25) is 0 Å². The molecule has 0 amide bonds. The van der Waals surface area contributed by atoms with Crippen molar-refractivity contribution in [3.8, 4) is 11.5 Å². The zero-order chi connectivity index (χ0) is 17.7. The summed E-state index contributed by atoms with van der Waals surface area (Å²) in [6.45, 7) is 4.94. The van der Waals surface area contributed by atoms with Gasteiger partial charge < -0.3 is 14.8 Å². The number of hydrogen-bond donors (Lipinski definition) is 1. The van der Waals surface area contributed by atoms with Crippen LogP contribution in [0.5, 0.6) is 11.5 Å². The Morgan fingerprint density at radius 3 is 2.28 bits per heavy atom. The molecule has 0 unspecified atom stereocenters. The number of ether oxygens (including phenoxy) is 2. The maximum Gasteiger partial charge on any atom is 0.244 e. The van der Waals surface area contributed by atoms with E-state index >= 15 is 0 Å². The number of nitrogens with zero attached hydrogens (tertiary/aromatic N) is 1. The lowest BCUT2D eigenvalue weighted by Crippen LogP contribution is -2.40. The zero-order valence-corrected chi connectivity index (χ0v) is 17.1. The van der Waals surface area contributed by atoms with E-state index < -0.39 is 10.0 Å². The Labute approximate surface area is 161 Å². The maximum atomic E-state index is 12.9. The van der Waals surface area contributed by atoms with Crippen molar-refractivity contribution < 1.29 is 17.9 Å². The molecule has 2 rings (SSSR count). The van der Waals surface area contributed by atoms with Crippen molar-refractivity contribution in [2.75, 3.05) is 40.4 Å². The van der Waals surface area contributed by atoms with Gasteiger partial charge in [0.2, 0.25) is 10.0 Å². The number of halogens is 2. The van der Waals surface area contributed by atoms with Crippen LogP contribution in [0.2, 0.25) is 5.02 Å². The molecule has 1 aliphatic rings. The van der Waals surface area contributed by atoms with Gasteiger partial charge in [-0.1, -0.05) is 18.5 Å². The van der Waals surface area contributed by atoms with Crippen molar-refractivity contribution in [1.82, 2.24) is 9.62 Å². The first kappa shape index (κ1) is 22.3. The summed E-state index contributed by atoms with van der Waals surface area (Å²) in [6, 6.07) is 2.91. The molecule has 1 aromatic rings. The lowest BCUT2D eigenvalue weighted by Gasteiger charge is -2.31. The summed E-state index contributed by atoms with van der Waals surface area (Å²) in [4.78, 5) is 0.0620. The number of methoxy groups -OCH3 is 2. The van der Waals surface area contributed by atoms with Crippen LogP contribution in [-0.4, -0.2) is 53.1 Å². The van der Waals surface area contributed by atoms with Gasteiger partial charge in [-0.15, -0.1) is 12.4 Å². The Morgan fingerprint density at radius 2 is 1.76 bits per heavy atom. The summed E-state index contributed by atoms with van der Waals surface area (Å²) in [5.41, 5.74) is 0. The highest BCUT2D eigenvalue weighted by Gasteiger charge is 2.31. The lowest BCUT2D eigenvalue weighted by molar-refractivity contribution is 0.268. The smallest absolute Gasteiger partial charge is 0.244 e. The molecule has 0 spiro atoms. The third kappa shape index (κ3) is 5.14. The van der Waals surface area contributed by atoms with Crippen LogP contribution in [-0.2, 0) is 10.0 Å². The SMILES string of the molecule is CCNCC1CCN(S(=O)(=O)c2cc(OC)c(OC)cc2Cl)CC1.Cl. The summed E-state index contributed by atoms with van der Waals surface area (Å²) >= 11 is 6.19. The highest BCUT2D eigenvalue weighted by Crippen LogP contribution is 2.37. The molecule has 1 fully saturated rings. The Balaban J connectivity index is 0.00000312. The molecular weight excluding hydrogens is 387 g/mol. The van der Waals surface area contributed by atoms with Crippen LogP contribution in [0.15, 0.2) is 17.0 Å². The number of piperidine rings is 1. The van der Waals surface area contributed by atoms with E-state index in [1.165, 1.54) is 30.7 Å². The Morgan fingerprint density at radius 1 is 1.20 bits per heavy atom. The largest absolute Gasteiger partial charge is 0.493 e. The fourth-order valence-corrected chi connectivity index (χ4v) is 4.85. The minimum Gasteiger partial charge on any atom is -0.493 e. The van der Waals surface area contributed by atoms with Gasteiger partial charge in [0.05, 0.1) is 19.2 Å². The molecule has 9 heteroatoms. The van der Waals surface area contributed by atoms with Gasteiger partial charge in [0.25, 0.3) is 0 Å². The second kappa shape index (κ2) is 9.83. The van der Waals surface area contributed by atoms with Crippen LogP contribution in [0.25, 0.3) is 0 Å². The molecule has 0 atom stereocenters. The first-order chi connectivity index (χ1) is 11.4. The molecule has 6 nitrogen and oxygen atoms in total. The van der Waals surface area contributed by atoms with Gasteiger partial charge in [-0.05, 0) is 31.8 Å². The predicted octanol–water partition coefficient (Wildman–Crippen LogP) is 2.79. The fourth-order valence-electron chi connectivity index (χ4n) is 2.87. The second-order valence-corrected chi connectivity index (χ2v) is 8.11. The Kier molecular flexibility index (Phi) is 8.77.